The zero-order valence-electron chi connectivity index (χ0n) is 17.4. The second-order valence-corrected chi connectivity index (χ2v) is 7.43. The molecule has 0 amide bonds. The molecule has 3 aromatic carbocycles. The zero-order chi connectivity index (χ0) is 21.4. The minimum Gasteiger partial charge on any atom is -0.344 e. The van der Waals surface area contributed by atoms with E-state index in [1.807, 2.05) is 74.6 Å². The fourth-order valence-corrected chi connectivity index (χ4v) is 3.75. The number of carbonyl (C=O) groups is 2. The Morgan fingerprint density at radius 2 is 1.47 bits per heavy atom. The van der Waals surface area contributed by atoms with E-state index in [1.54, 1.807) is 6.92 Å². The first kappa shape index (κ1) is 19.6. The molecule has 0 aliphatic heterocycles. The predicted molar refractivity (Wildman–Crippen MR) is 119 cm³/mol. The predicted octanol–water partition coefficient (Wildman–Crippen LogP) is 5.16. The number of oxime groups is 1. The van der Waals surface area contributed by atoms with Gasteiger partial charge in [-0.15, -0.1) is 0 Å². The fourth-order valence-electron chi connectivity index (χ4n) is 3.75. The molecule has 0 N–H and O–H groups in total. The molecule has 1 heterocycles. The largest absolute Gasteiger partial charge is 0.344 e. The van der Waals surface area contributed by atoms with Crippen LogP contribution in [0.3, 0.4) is 0 Å². The molecule has 0 bridgehead atoms. The Balaban J connectivity index is 1.86. The van der Waals surface area contributed by atoms with Crippen LogP contribution in [0.5, 0.6) is 0 Å². The summed E-state index contributed by atoms with van der Waals surface area (Å²) < 4.78 is 2.11. The van der Waals surface area contributed by atoms with Crippen LogP contribution in [0, 0.1) is 6.92 Å². The van der Waals surface area contributed by atoms with Gasteiger partial charge >= 0.3 is 5.97 Å². The number of fused-ring (bicyclic) bond motifs is 3. The molecular formula is C25H22N2O3. The molecule has 4 aromatic rings. The molecule has 5 nitrogen and oxygen atoms in total. The molecule has 0 atom stereocenters. The smallest absolute Gasteiger partial charge is 0.331 e. The highest BCUT2D eigenvalue weighted by molar-refractivity contribution is 6.16. The van der Waals surface area contributed by atoms with Crippen molar-refractivity contribution in [1.29, 1.82) is 0 Å². The average molecular weight is 398 g/mol. The van der Waals surface area contributed by atoms with E-state index in [9.17, 15) is 9.59 Å². The number of carbonyl (C=O) groups excluding carboxylic acids is 2. The zero-order valence-corrected chi connectivity index (χ0v) is 17.4. The van der Waals surface area contributed by atoms with Gasteiger partial charge in [-0.25, -0.2) is 4.79 Å². The van der Waals surface area contributed by atoms with Crippen molar-refractivity contribution in [2.24, 2.45) is 12.2 Å². The normalized spacial score (nSPS) is 11.8. The molecule has 1 aromatic heterocycles. The van der Waals surface area contributed by atoms with Crippen LogP contribution >= 0.6 is 0 Å². The monoisotopic (exact) mass is 398 g/mol. The second-order valence-electron chi connectivity index (χ2n) is 7.43. The highest BCUT2D eigenvalue weighted by atomic mass is 16.7. The van der Waals surface area contributed by atoms with E-state index < -0.39 is 5.97 Å². The lowest BCUT2D eigenvalue weighted by Crippen LogP contribution is -2.03. The maximum absolute atomic E-state index is 13.1. The lowest BCUT2D eigenvalue weighted by atomic mass is 9.97. The summed E-state index contributed by atoms with van der Waals surface area (Å²) in [6, 6.07) is 19.4. The molecule has 0 radical (unpaired) electrons. The van der Waals surface area contributed by atoms with Crippen molar-refractivity contribution in [3.05, 3.63) is 82.9 Å². The van der Waals surface area contributed by atoms with E-state index in [4.69, 9.17) is 4.84 Å². The third-order valence-electron chi connectivity index (χ3n) is 5.39. The quantitative estimate of drug-likeness (QED) is 0.206. The van der Waals surface area contributed by atoms with Crippen LogP contribution in [-0.4, -0.2) is 22.0 Å². The highest BCUT2D eigenvalue weighted by Crippen LogP contribution is 2.30. The van der Waals surface area contributed by atoms with Crippen molar-refractivity contribution in [2.75, 3.05) is 0 Å². The van der Waals surface area contributed by atoms with Crippen LogP contribution in [-0.2, 0) is 16.7 Å². The summed E-state index contributed by atoms with van der Waals surface area (Å²) in [5, 5.41) is 5.90. The van der Waals surface area contributed by atoms with Gasteiger partial charge in [0, 0.05) is 46.9 Å². The number of ketones is 1. The number of rotatable bonds is 4. The Kier molecular flexibility index (Phi) is 4.96. The fraction of sp³-hybridized carbons (Fsp3) is 0.160. The van der Waals surface area contributed by atoms with Crippen molar-refractivity contribution < 1.29 is 14.4 Å². The number of nitrogens with zero attached hydrogens (tertiary/aromatic N) is 2. The van der Waals surface area contributed by atoms with E-state index in [-0.39, 0.29) is 5.78 Å². The van der Waals surface area contributed by atoms with Crippen molar-refractivity contribution >= 4 is 39.3 Å². The molecular weight excluding hydrogens is 376 g/mol. The maximum atomic E-state index is 13.1. The van der Waals surface area contributed by atoms with E-state index in [0.717, 1.165) is 32.9 Å². The van der Waals surface area contributed by atoms with Gasteiger partial charge in [-0.3, -0.25) is 4.79 Å². The van der Waals surface area contributed by atoms with Gasteiger partial charge in [-0.1, -0.05) is 35.5 Å². The van der Waals surface area contributed by atoms with Crippen molar-refractivity contribution in [1.82, 2.24) is 4.57 Å². The average Bonchev–Trinajstić information content (AvgIpc) is 3.03. The number of hydrogen-bond acceptors (Lipinski definition) is 4. The minimum absolute atomic E-state index is 0.00996. The molecule has 150 valence electrons. The third-order valence-corrected chi connectivity index (χ3v) is 5.39. The van der Waals surface area contributed by atoms with Gasteiger partial charge in [0.25, 0.3) is 0 Å². The lowest BCUT2D eigenvalue weighted by Gasteiger charge is -2.05. The van der Waals surface area contributed by atoms with E-state index in [2.05, 4.69) is 9.72 Å². The molecule has 0 aliphatic carbocycles. The molecule has 5 heteroatoms. The Labute approximate surface area is 174 Å². The van der Waals surface area contributed by atoms with Crippen molar-refractivity contribution in [2.45, 2.75) is 20.8 Å². The molecule has 0 saturated carbocycles. The van der Waals surface area contributed by atoms with Crippen LogP contribution in [0.2, 0.25) is 0 Å². The van der Waals surface area contributed by atoms with Gasteiger partial charge in [0.05, 0.1) is 5.71 Å². The van der Waals surface area contributed by atoms with Crippen molar-refractivity contribution in [3.8, 4) is 0 Å². The van der Waals surface area contributed by atoms with Gasteiger partial charge in [0.2, 0.25) is 0 Å². The Morgan fingerprint density at radius 3 is 2.10 bits per heavy atom. The summed E-state index contributed by atoms with van der Waals surface area (Å²) in [6.45, 7) is 5.06. The van der Waals surface area contributed by atoms with Gasteiger partial charge in [-0.2, -0.15) is 0 Å². The SMILES string of the molecule is CC(=O)O/N=C(\C)c1ccc2c(c1)c1cc(C(=O)c3ccccc3C)ccc1n2C. The van der Waals surface area contributed by atoms with E-state index >= 15 is 0 Å². The topological polar surface area (TPSA) is 60.7 Å². The van der Waals surface area contributed by atoms with Gasteiger partial charge < -0.3 is 9.40 Å². The maximum Gasteiger partial charge on any atom is 0.331 e. The summed E-state index contributed by atoms with van der Waals surface area (Å²) in [6.07, 6.45) is 0. The van der Waals surface area contributed by atoms with E-state index in [0.29, 0.717) is 16.8 Å². The first-order chi connectivity index (χ1) is 14.4. The second kappa shape index (κ2) is 7.59. The first-order valence-corrected chi connectivity index (χ1v) is 9.72. The summed E-state index contributed by atoms with van der Waals surface area (Å²) in [4.78, 5) is 28.9. The first-order valence-electron chi connectivity index (χ1n) is 9.72. The van der Waals surface area contributed by atoms with Crippen LogP contribution in [0.4, 0.5) is 0 Å². The number of benzene rings is 3. The lowest BCUT2D eigenvalue weighted by molar-refractivity contribution is -0.140. The molecule has 0 unspecified atom stereocenters. The molecule has 30 heavy (non-hydrogen) atoms. The standard InChI is InChI=1S/C25H22N2O3/c1-15-7-5-6-8-20(15)25(29)19-10-12-24-22(14-19)21-13-18(9-11-23(21)27(24)4)16(2)26-30-17(3)28/h5-14H,1-4H3/b26-16+. The number of aromatic nitrogens is 1. The Bertz CT molecular complexity index is 1350. The summed E-state index contributed by atoms with van der Waals surface area (Å²) in [5.41, 5.74) is 5.87. The van der Waals surface area contributed by atoms with Gasteiger partial charge in [0.1, 0.15) is 0 Å². The van der Waals surface area contributed by atoms with Crippen LogP contribution < -0.4 is 0 Å². The summed E-state index contributed by atoms with van der Waals surface area (Å²) >= 11 is 0. The Hall–Kier alpha value is -3.73. The minimum atomic E-state index is -0.458. The van der Waals surface area contributed by atoms with Gasteiger partial charge in [0.15, 0.2) is 5.78 Å². The van der Waals surface area contributed by atoms with Crippen LogP contribution in [0.1, 0.15) is 40.9 Å². The molecule has 0 spiro atoms. The van der Waals surface area contributed by atoms with E-state index in [1.165, 1.54) is 6.92 Å². The van der Waals surface area contributed by atoms with Gasteiger partial charge in [-0.05, 0) is 55.3 Å². The number of aryl methyl sites for hydroxylation is 2. The Morgan fingerprint density at radius 1 is 0.867 bits per heavy atom. The summed E-state index contributed by atoms with van der Waals surface area (Å²) in [5.74, 6) is -0.448. The molecule has 4 rings (SSSR count). The molecule has 0 aliphatic rings. The highest BCUT2D eigenvalue weighted by Gasteiger charge is 2.15. The van der Waals surface area contributed by atoms with Crippen LogP contribution in [0.15, 0.2) is 65.8 Å². The van der Waals surface area contributed by atoms with Crippen LogP contribution in [0.25, 0.3) is 21.8 Å². The molecule has 0 saturated heterocycles. The third kappa shape index (κ3) is 3.39. The number of hydrogen-bond donors (Lipinski definition) is 0. The molecule has 0 fully saturated rings. The summed E-state index contributed by atoms with van der Waals surface area (Å²) in [7, 11) is 2.01. The van der Waals surface area contributed by atoms with Crippen molar-refractivity contribution in [3.63, 3.8) is 0 Å².